The third-order valence-corrected chi connectivity index (χ3v) is 4.12. The summed E-state index contributed by atoms with van der Waals surface area (Å²) in [5.74, 6) is -0.168. The predicted molar refractivity (Wildman–Crippen MR) is 77.8 cm³/mol. The molecule has 0 saturated heterocycles. The first-order chi connectivity index (χ1) is 8.50. The van der Waals surface area contributed by atoms with Crippen LogP contribution in [0.3, 0.4) is 0 Å². The zero-order valence-corrected chi connectivity index (χ0v) is 12.4. The summed E-state index contributed by atoms with van der Waals surface area (Å²) in [6.45, 7) is 6.23. The molecule has 0 aliphatic carbocycles. The Morgan fingerprint density at radius 1 is 1.00 bits per heavy atom. The second-order valence-electron chi connectivity index (χ2n) is 4.70. The van der Waals surface area contributed by atoms with Crippen LogP contribution in [0.5, 0.6) is 0 Å². The molecule has 1 unspecified atom stereocenters. The summed E-state index contributed by atoms with van der Waals surface area (Å²) in [7, 11) is 0. The Kier molecular flexibility index (Phi) is 3.86. The first kappa shape index (κ1) is 13.3. The highest BCUT2D eigenvalue weighted by atomic mass is 79.9. The van der Waals surface area contributed by atoms with Crippen LogP contribution >= 0.6 is 15.9 Å². The van der Waals surface area contributed by atoms with E-state index in [4.69, 9.17) is 0 Å². The number of halogens is 2. The molecule has 2 heteroatoms. The smallest absolute Gasteiger partial charge is 0.127 e. The maximum Gasteiger partial charge on any atom is 0.127 e. The van der Waals surface area contributed by atoms with E-state index in [2.05, 4.69) is 48.8 Å². The van der Waals surface area contributed by atoms with E-state index in [1.54, 1.807) is 6.07 Å². The van der Waals surface area contributed by atoms with E-state index in [0.29, 0.717) is 5.56 Å². The molecule has 0 aromatic heterocycles. The highest BCUT2D eigenvalue weighted by Crippen LogP contribution is 2.36. The van der Waals surface area contributed by atoms with Gasteiger partial charge in [-0.1, -0.05) is 51.8 Å². The van der Waals surface area contributed by atoms with Crippen LogP contribution < -0.4 is 0 Å². The van der Waals surface area contributed by atoms with Gasteiger partial charge in [0.2, 0.25) is 0 Å². The average molecular weight is 307 g/mol. The van der Waals surface area contributed by atoms with Gasteiger partial charge in [0, 0.05) is 5.56 Å². The Bertz CT molecular complexity index is 552. The number of aryl methyl sites for hydroxylation is 3. The van der Waals surface area contributed by atoms with Crippen LogP contribution in [-0.2, 0) is 0 Å². The number of hydrogen-bond acceptors (Lipinski definition) is 0. The molecule has 0 saturated carbocycles. The second kappa shape index (κ2) is 5.23. The third kappa shape index (κ3) is 2.49. The molecule has 0 bridgehead atoms. The second-order valence-corrected chi connectivity index (χ2v) is 5.61. The summed E-state index contributed by atoms with van der Waals surface area (Å²) in [5.41, 5.74) is 5.47. The lowest BCUT2D eigenvalue weighted by atomic mass is 9.94. The molecule has 0 fully saturated rings. The van der Waals surface area contributed by atoms with Crippen molar-refractivity contribution in [1.82, 2.24) is 0 Å². The van der Waals surface area contributed by atoms with Gasteiger partial charge < -0.3 is 0 Å². The minimum absolute atomic E-state index is 0.0979. The summed E-state index contributed by atoms with van der Waals surface area (Å²) in [6.07, 6.45) is 0. The zero-order valence-electron chi connectivity index (χ0n) is 10.8. The van der Waals surface area contributed by atoms with Gasteiger partial charge in [0.15, 0.2) is 0 Å². The molecular formula is C16H16BrF. The summed E-state index contributed by atoms with van der Waals surface area (Å²) in [4.78, 5) is -0.0979. The van der Waals surface area contributed by atoms with E-state index in [1.807, 2.05) is 12.1 Å². The third-order valence-electron chi connectivity index (χ3n) is 3.17. The lowest BCUT2D eigenvalue weighted by molar-refractivity contribution is 0.613. The van der Waals surface area contributed by atoms with Gasteiger partial charge >= 0.3 is 0 Å². The number of hydrogen-bond donors (Lipinski definition) is 0. The molecule has 0 amide bonds. The molecule has 18 heavy (non-hydrogen) atoms. The van der Waals surface area contributed by atoms with Gasteiger partial charge in [-0.05, 0) is 43.5 Å². The first-order valence-corrected chi connectivity index (χ1v) is 6.88. The van der Waals surface area contributed by atoms with Crippen LogP contribution in [-0.4, -0.2) is 0 Å². The Morgan fingerprint density at radius 2 is 1.56 bits per heavy atom. The van der Waals surface area contributed by atoms with Crippen molar-refractivity contribution >= 4 is 15.9 Å². The van der Waals surface area contributed by atoms with E-state index in [0.717, 1.165) is 5.56 Å². The molecular weight excluding hydrogens is 291 g/mol. The van der Waals surface area contributed by atoms with Gasteiger partial charge in [-0.2, -0.15) is 0 Å². The normalized spacial score (nSPS) is 12.5. The largest absolute Gasteiger partial charge is 0.207 e. The summed E-state index contributed by atoms with van der Waals surface area (Å²) >= 11 is 3.63. The highest BCUT2D eigenvalue weighted by Gasteiger charge is 2.18. The van der Waals surface area contributed by atoms with E-state index < -0.39 is 0 Å². The minimum atomic E-state index is -0.168. The van der Waals surface area contributed by atoms with Gasteiger partial charge in [0.05, 0.1) is 4.83 Å². The van der Waals surface area contributed by atoms with Crippen molar-refractivity contribution < 1.29 is 4.39 Å². The van der Waals surface area contributed by atoms with E-state index in [-0.39, 0.29) is 10.6 Å². The van der Waals surface area contributed by atoms with Crippen molar-refractivity contribution in [3.8, 4) is 0 Å². The fourth-order valence-electron chi connectivity index (χ4n) is 2.43. The molecule has 0 aliphatic rings. The lowest BCUT2D eigenvalue weighted by Crippen LogP contribution is -2.02. The van der Waals surface area contributed by atoms with Crippen molar-refractivity contribution in [1.29, 1.82) is 0 Å². The van der Waals surface area contributed by atoms with Crippen molar-refractivity contribution in [3.05, 3.63) is 70.0 Å². The molecule has 0 radical (unpaired) electrons. The average Bonchev–Trinajstić information content (AvgIpc) is 2.27. The molecule has 1 atom stereocenters. The molecule has 2 aromatic carbocycles. The van der Waals surface area contributed by atoms with Gasteiger partial charge in [-0.25, -0.2) is 4.39 Å². The lowest BCUT2D eigenvalue weighted by Gasteiger charge is -2.18. The Balaban J connectivity index is 2.53. The van der Waals surface area contributed by atoms with Gasteiger partial charge in [-0.3, -0.25) is 0 Å². The first-order valence-electron chi connectivity index (χ1n) is 5.97. The highest BCUT2D eigenvalue weighted by molar-refractivity contribution is 9.09. The van der Waals surface area contributed by atoms with Gasteiger partial charge in [-0.15, -0.1) is 0 Å². The predicted octanol–water partition coefficient (Wildman–Crippen LogP) is 5.24. The van der Waals surface area contributed by atoms with Crippen LogP contribution in [0.25, 0.3) is 0 Å². The fourth-order valence-corrected chi connectivity index (χ4v) is 3.52. The minimum Gasteiger partial charge on any atom is -0.207 e. The molecule has 2 rings (SSSR count). The van der Waals surface area contributed by atoms with Crippen LogP contribution in [0, 0.1) is 26.6 Å². The Morgan fingerprint density at radius 3 is 2.11 bits per heavy atom. The standard InChI is InChI=1S/C16H16BrF/c1-10-8-11(2)15(12(3)9-10)16(17)13-6-4-5-7-14(13)18/h4-9,16H,1-3H3. The summed E-state index contributed by atoms with van der Waals surface area (Å²) in [5, 5.41) is 0. The maximum atomic E-state index is 13.8. The Hall–Kier alpha value is -1.15. The Labute approximate surface area is 116 Å². The molecule has 0 nitrogen and oxygen atoms in total. The van der Waals surface area contributed by atoms with Crippen LogP contribution in [0.15, 0.2) is 36.4 Å². The van der Waals surface area contributed by atoms with Crippen molar-refractivity contribution in [2.75, 3.05) is 0 Å². The van der Waals surface area contributed by atoms with Gasteiger partial charge in [0.1, 0.15) is 5.82 Å². The molecule has 2 aromatic rings. The van der Waals surface area contributed by atoms with E-state index in [9.17, 15) is 4.39 Å². The quantitative estimate of drug-likeness (QED) is 0.666. The SMILES string of the molecule is Cc1cc(C)c(C(Br)c2ccccc2F)c(C)c1. The fraction of sp³-hybridized carbons (Fsp3) is 0.250. The van der Waals surface area contributed by atoms with Crippen molar-refractivity contribution in [2.24, 2.45) is 0 Å². The molecule has 0 spiro atoms. The number of rotatable bonds is 2. The van der Waals surface area contributed by atoms with E-state index >= 15 is 0 Å². The van der Waals surface area contributed by atoms with Crippen LogP contribution in [0.1, 0.15) is 32.6 Å². The number of benzene rings is 2. The molecule has 0 heterocycles. The van der Waals surface area contributed by atoms with Gasteiger partial charge in [0.25, 0.3) is 0 Å². The zero-order chi connectivity index (χ0) is 13.3. The van der Waals surface area contributed by atoms with Crippen molar-refractivity contribution in [3.63, 3.8) is 0 Å². The van der Waals surface area contributed by atoms with E-state index in [1.165, 1.54) is 22.8 Å². The number of alkyl halides is 1. The monoisotopic (exact) mass is 306 g/mol. The molecule has 94 valence electrons. The maximum absolute atomic E-state index is 13.8. The topological polar surface area (TPSA) is 0 Å². The van der Waals surface area contributed by atoms with Crippen molar-refractivity contribution in [2.45, 2.75) is 25.6 Å². The summed E-state index contributed by atoms with van der Waals surface area (Å²) in [6, 6.07) is 11.2. The molecule has 0 aliphatic heterocycles. The van der Waals surface area contributed by atoms with Crippen LogP contribution in [0.4, 0.5) is 4.39 Å². The van der Waals surface area contributed by atoms with Crippen LogP contribution in [0.2, 0.25) is 0 Å². The molecule has 0 N–H and O–H groups in total. The summed E-state index contributed by atoms with van der Waals surface area (Å²) < 4.78 is 13.8.